The van der Waals surface area contributed by atoms with E-state index in [4.69, 9.17) is 0 Å². The third kappa shape index (κ3) is 1.97. The minimum Gasteiger partial charge on any atom is -0.372 e. The quantitative estimate of drug-likeness (QED) is 0.669. The first-order chi connectivity index (χ1) is 5.77. The fraction of sp³-hybridized carbons (Fsp3) is 0.400. The van der Waals surface area contributed by atoms with E-state index in [1.165, 1.54) is 12.1 Å². The highest BCUT2D eigenvalue weighted by molar-refractivity contribution is 5.45. The summed E-state index contributed by atoms with van der Waals surface area (Å²) in [5, 5.41) is 0. The molecule has 1 aromatic carbocycles. The zero-order chi connectivity index (χ0) is 8.97. The maximum Gasteiger partial charge on any atom is 0.123 e. The molecule has 0 saturated heterocycles. The number of anilines is 1. The van der Waals surface area contributed by atoms with Crippen molar-refractivity contribution in [2.24, 2.45) is 0 Å². The lowest BCUT2D eigenvalue weighted by atomic mass is 10.3. The van der Waals surface area contributed by atoms with Gasteiger partial charge in [-0.3, -0.25) is 0 Å². The summed E-state index contributed by atoms with van der Waals surface area (Å²) in [5.41, 5.74) is 1.08. The molecule has 0 aliphatic rings. The van der Waals surface area contributed by atoms with Gasteiger partial charge in [-0.15, -0.1) is 0 Å². The van der Waals surface area contributed by atoms with Crippen LogP contribution in [-0.4, -0.2) is 13.1 Å². The molecular formula is C10H14FN. The Morgan fingerprint density at radius 3 is 2.00 bits per heavy atom. The molecule has 0 aromatic heterocycles. The number of hydrogen-bond donors (Lipinski definition) is 0. The fourth-order valence-corrected chi connectivity index (χ4v) is 1.24. The van der Waals surface area contributed by atoms with Crippen LogP contribution in [0.25, 0.3) is 0 Å². The van der Waals surface area contributed by atoms with Gasteiger partial charge in [0.15, 0.2) is 0 Å². The van der Waals surface area contributed by atoms with E-state index in [0.29, 0.717) is 0 Å². The van der Waals surface area contributed by atoms with Crippen molar-refractivity contribution in [3.63, 3.8) is 0 Å². The molecule has 0 bridgehead atoms. The second kappa shape index (κ2) is 4.10. The van der Waals surface area contributed by atoms with E-state index in [9.17, 15) is 4.39 Å². The highest BCUT2D eigenvalue weighted by Gasteiger charge is 1.99. The molecule has 1 nitrogen and oxygen atoms in total. The molecule has 0 N–H and O–H groups in total. The van der Waals surface area contributed by atoms with E-state index in [0.717, 1.165) is 18.8 Å². The molecule has 0 spiro atoms. The average Bonchev–Trinajstić information content (AvgIpc) is 2.10. The zero-order valence-electron chi connectivity index (χ0n) is 7.55. The lowest BCUT2D eigenvalue weighted by Gasteiger charge is -2.20. The standard InChI is InChI=1S/C10H14FN/c1-3-12(4-2)10-7-5-9(11)6-8-10/h5-8H,3-4H2,1-2H3. The molecule has 0 unspecified atom stereocenters. The van der Waals surface area contributed by atoms with E-state index in [2.05, 4.69) is 18.7 Å². The predicted molar refractivity (Wildman–Crippen MR) is 50.0 cm³/mol. The van der Waals surface area contributed by atoms with Crippen LogP contribution in [0.15, 0.2) is 24.3 Å². The maximum atomic E-state index is 12.5. The smallest absolute Gasteiger partial charge is 0.123 e. The van der Waals surface area contributed by atoms with Crippen LogP contribution in [0.4, 0.5) is 10.1 Å². The second-order valence-corrected chi connectivity index (χ2v) is 2.65. The van der Waals surface area contributed by atoms with Crippen LogP contribution in [0.1, 0.15) is 13.8 Å². The van der Waals surface area contributed by atoms with Gasteiger partial charge in [-0.1, -0.05) is 0 Å². The van der Waals surface area contributed by atoms with Gasteiger partial charge in [0.05, 0.1) is 0 Å². The van der Waals surface area contributed by atoms with Crippen LogP contribution in [-0.2, 0) is 0 Å². The normalized spacial score (nSPS) is 9.92. The minimum absolute atomic E-state index is 0.175. The Hall–Kier alpha value is -1.05. The number of benzene rings is 1. The Bertz CT molecular complexity index is 226. The first-order valence-corrected chi connectivity index (χ1v) is 4.28. The van der Waals surface area contributed by atoms with Gasteiger partial charge in [0, 0.05) is 18.8 Å². The van der Waals surface area contributed by atoms with Crippen molar-refractivity contribution in [3.8, 4) is 0 Å². The highest BCUT2D eigenvalue weighted by atomic mass is 19.1. The molecule has 66 valence electrons. The van der Waals surface area contributed by atoms with Crippen molar-refractivity contribution in [3.05, 3.63) is 30.1 Å². The van der Waals surface area contributed by atoms with Crippen molar-refractivity contribution >= 4 is 5.69 Å². The largest absolute Gasteiger partial charge is 0.372 e. The van der Waals surface area contributed by atoms with E-state index in [1.54, 1.807) is 0 Å². The molecule has 2 heteroatoms. The first-order valence-electron chi connectivity index (χ1n) is 4.28. The van der Waals surface area contributed by atoms with Gasteiger partial charge < -0.3 is 4.90 Å². The van der Waals surface area contributed by atoms with Crippen LogP contribution in [0.3, 0.4) is 0 Å². The summed E-state index contributed by atoms with van der Waals surface area (Å²) < 4.78 is 12.5. The molecule has 1 rings (SSSR count). The van der Waals surface area contributed by atoms with Crippen molar-refractivity contribution in [2.45, 2.75) is 13.8 Å². The van der Waals surface area contributed by atoms with Gasteiger partial charge in [0.2, 0.25) is 0 Å². The highest BCUT2D eigenvalue weighted by Crippen LogP contribution is 2.13. The molecule has 12 heavy (non-hydrogen) atoms. The molecule has 0 amide bonds. The third-order valence-corrected chi connectivity index (χ3v) is 1.96. The van der Waals surface area contributed by atoms with E-state index >= 15 is 0 Å². The summed E-state index contributed by atoms with van der Waals surface area (Å²) in [6.07, 6.45) is 0. The maximum absolute atomic E-state index is 12.5. The van der Waals surface area contributed by atoms with Gasteiger partial charge in [-0.25, -0.2) is 4.39 Å². The number of nitrogens with zero attached hydrogens (tertiary/aromatic N) is 1. The van der Waals surface area contributed by atoms with Crippen molar-refractivity contribution in [2.75, 3.05) is 18.0 Å². The summed E-state index contributed by atoms with van der Waals surface area (Å²) in [4.78, 5) is 2.18. The Morgan fingerprint density at radius 1 is 1.08 bits per heavy atom. The summed E-state index contributed by atoms with van der Waals surface area (Å²) >= 11 is 0. The SMILES string of the molecule is CCN(CC)c1ccc(F)cc1. The number of hydrogen-bond acceptors (Lipinski definition) is 1. The van der Waals surface area contributed by atoms with Gasteiger partial charge in [-0.05, 0) is 38.1 Å². The molecule has 0 radical (unpaired) electrons. The van der Waals surface area contributed by atoms with Crippen LogP contribution >= 0.6 is 0 Å². The minimum atomic E-state index is -0.175. The third-order valence-electron chi connectivity index (χ3n) is 1.96. The van der Waals surface area contributed by atoms with Gasteiger partial charge in [0.25, 0.3) is 0 Å². The Balaban J connectivity index is 2.80. The lowest BCUT2D eigenvalue weighted by molar-refractivity contribution is 0.627. The monoisotopic (exact) mass is 167 g/mol. The Labute approximate surface area is 72.8 Å². The van der Waals surface area contributed by atoms with Gasteiger partial charge in [-0.2, -0.15) is 0 Å². The van der Waals surface area contributed by atoms with Crippen molar-refractivity contribution < 1.29 is 4.39 Å². The van der Waals surface area contributed by atoms with Crippen LogP contribution in [0, 0.1) is 5.82 Å². The molecule has 1 aromatic rings. The fourth-order valence-electron chi connectivity index (χ4n) is 1.24. The topological polar surface area (TPSA) is 3.24 Å². The Kier molecular flexibility index (Phi) is 3.09. The van der Waals surface area contributed by atoms with Crippen LogP contribution in [0.5, 0.6) is 0 Å². The summed E-state index contributed by atoms with van der Waals surface area (Å²) in [6, 6.07) is 6.60. The first kappa shape index (κ1) is 9.04. The second-order valence-electron chi connectivity index (χ2n) is 2.65. The average molecular weight is 167 g/mol. The molecule has 0 heterocycles. The van der Waals surface area contributed by atoms with Crippen LogP contribution in [0.2, 0.25) is 0 Å². The molecule has 0 atom stereocenters. The van der Waals surface area contributed by atoms with Crippen LogP contribution < -0.4 is 4.90 Å². The van der Waals surface area contributed by atoms with E-state index in [-0.39, 0.29) is 5.82 Å². The van der Waals surface area contributed by atoms with E-state index < -0.39 is 0 Å². The summed E-state index contributed by atoms with van der Waals surface area (Å²) in [6.45, 7) is 6.10. The van der Waals surface area contributed by atoms with Crippen molar-refractivity contribution in [1.29, 1.82) is 0 Å². The molecular weight excluding hydrogens is 153 g/mol. The summed E-state index contributed by atoms with van der Waals surface area (Å²) in [7, 11) is 0. The Morgan fingerprint density at radius 2 is 1.58 bits per heavy atom. The zero-order valence-corrected chi connectivity index (χ0v) is 7.55. The van der Waals surface area contributed by atoms with Gasteiger partial charge in [0.1, 0.15) is 5.82 Å². The summed E-state index contributed by atoms with van der Waals surface area (Å²) in [5.74, 6) is -0.175. The van der Waals surface area contributed by atoms with E-state index in [1.807, 2.05) is 12.1 Å². The molecule has 0 aliphatic carbocycles. The number of halogens is 1. The molecule has 0 aliphatic heterocycles. The molecule has 0 saturated carbocycles. The lowest BCUT2D eigenvalue weighted by Crippen LogP contribution is -2.21. The van der Waals surface area contributed by atoms with Gasteiger partial charge >= 0.3 is 0 Å². The molecule has 0 fully saturated rings. The predicted octanol–water partition coefficient (Wildman–Crippen LogP) is 2.67. The van der Waals surface area contributed by atoms with Crippen molar-refractivity contribution in [1.82, 2.24) is 0 Å². The number of rotatable bonds is 3.